The fraction of sp³-hybridized carbons (Fsp3) is 0.385. The number of nitrogens with zero attached hydrogens (tertiary/aromatic N) is 1. The summed E-state index contributed by atoms with van der Waals surface area (Å²) in [6.45, 7) is 5.60. The molecule has 0 aliphatic heterocycles. The molecule has 0 saturated heterocycles. The van der Waals surface area contributed by atoms with E-state index in [1.165, 1.54) is 7.11 Å². The summed E-state index contributed by atoms with van der Waals surface area (Å²) in [4.78, 5) is 29.8. The number of esters is 1. The van der Waals surface area contributed by atoms with Crippen LogP contribution in [-0.2, 0) is 14.3 Å². The van der Waals surface area contributed by atoms with Gasteiger partial charge in [-0.25, -0.2) is 0 Å². The van der Waals surface area contributed by atoms with Crippen molar-refractivity contribution in [3.63, 3.8) is 0 Å². The van der Waals surface area contributed by atoms with Crippen molar-refractivity contribution in [1.29, 1.82) is 0 Å². The molecule has 0 fully saturated rings. The summed E-state index contributed by atoms with van der Waals surface area (Å²) in [6.07, 6.45) is 2.02. The molecule has 0 aliphatic carbocycles. The standard InChI is InChI=1S/C26H33N3O4/c1-5-29(16-18(2)26(31)33-4)17-25(30)28-14-22(19-10-12-20(32-3)13-11-19)23-15-27-24-9-7-6-8-21(23)24/h6-13,15,18,22,27H,5,14,16-17H2,1-4H3,(H,28,30). The van der Waals surface area contributed by atoms with Gasteiger partial charge in [0.1, 0.15) is 5.75 Å². The molecule has 2 aromatic carbocycles. The number of hydrogen-bond acceptors (Lipinski definition) is 5. The van der Waals surface area contributed by atoms with Crippen LogP contribution in [0.5, 0.6) is 5.75 Å². The van der Waals surface area contributed by atoms with Crippen LogP contribution in [0.25, 0.3) is 10.9 Å². The van der Waals surface area contributed by atoms with Crippen LogP contribution >= 0.6 is 0 Å². The van der Waals surface area contributed by atoms with E-state index >= 15 is 0 Å². The Labute approximate surface area is 195 Å². The summed E-state index contributed by atoms with van der Waals surface area (Å²) in [5.41, 5.74) is 3.28. The first-order valence-electron chi connectivity index (χ1n) is 11.2. The van der Waals surface area contributed by atoms with E-state index in [1.807, 2.05) is 67.4 Å². The van der Waals surface area contributed by atoms with Crippen molar-refractivity contribution in [3.05, 3.63) is 65.9 Å². The van der Waals surface area contributed by atoms with Crippen molar-refractivity contribution in [1.82, 2.24) is 15.2 Å². The van der Waals surface area contributed by atoms with Crippen LogP contribution in [-0.4, -0.2) is 62.2 Å². The Kier molecular flexibility index (Phi) is 8.49. The number of H-pyrrole nitrogens is 1. The first-order valence-corrected chi connectivity index (χ1v) is 11.2. The van der Waals surface area contributed by atoms with Gasteiger partial charge in [0, 0.05) is 36.1 Å². The number of nitrogens with one attached hydrogen (secondary N) is 2. The zero-order valence-corrected chi connectivity index (χ0v) is 19.8. The summed E-state index contributed by atoms with van der Waals surface area (Å²) in [5.74, 6) is 0.125. The van der Waals surface area contributed by atoms with E-state index in [9.17, 15) is 9.59 Å². The number of likely N-dealkylation sites (N-methyl/N-ethyl adjacent to an activating group) is 1. The SMILES string of the molecule is CCN(CC(=O)NCC(c1ccc(OC)cc1)c1c[nH]c2ccccc12)CC(C)C(=O)OC. The van der Waals surface area contributed by atoms with E-state index in [1.54, 1.807) is 7.11 Å². The molecule has 0 spiro atoms. The molecular formula is C26H33N3O4. The molecule has 2 atom stereocenters. The Morgan fingerprint density at radius 1 is 1.09 bits per heavy atom. The van der Waals surface area contributed by atoms with Gasteiger partial charge in [-0.2, -0.15) is 0 Å². The number of aromatic amines is 1. The first-order chi connectivity index (χ1) is 16.0. The topological polar surface area (TPSA) is 83.7 Å². The van der Waals surface area contributed by atoms with Gasteiger partial charge in [-0.05, 0) is 35.9 Å². The molecule has 0 saturated carbocycles. The average Bonchev–Trinajstić information content (AvgIpc) is 3.27. The van der Waals surface area contributed by atoms with Gasteiger partial charge in [-0.3, -0.25) is 14.5 Å². The first kappa shape index (κ1) is 24.3. The number of carbonyl (C=O) groups excluding carboxylic acids is 2. The Morgan fingerprint density at radius 2 is 1.82 bits per heavy atom. The highest BCUT2D eigenvalue weighted by atomic mass is 16.5. The molecule has 1 aromatic heterocycles. The number of para-hydroxylation sites is 1. The van der Waals surface area contributed by atoms with Crippen molar-refractivity contribution in [2.45, 2.75) is 19.8 Å². The van der Waals surface area contributed by atoms with Gasteiger partial charge < -0.3 is 19.8 Å². The highest BCUT2D eigenvalue weighted by molar-refractivity contribution is 5.84. The third kappa shape index (κ3) is 6.14. The van der Waals surface area contributed by atoms with Crippen molar-refractivity contribution in [2.24, 2.45) is 5.92 Å². The van der Waals surface area contributed by atoms with Crippen molar-refractivity contribution < 1.29 is 19.1 Å². The van der Waals surface area contributed by atoms with Gasteiger partial charge in [0.05, 0.1) is 26.7 Å². The Hall–Kier alpha value is -3.32. The normalized spacial score (nSPS) is 13.0. The summed E-state index contributed by atoms with van der Waals surface area (Å²) in [7, 11) is 3.03. The van der Waals surface area contributed by atoms with Crippen LogP contribution in [0, 0.1) is 5.92 Å². The monoisotopic (exact) mass is 451 g/mol. The predicted molar refractivity (Wildman–Crippen MR) is 129 cm³/mol. The summed E-state index contributed by atoms with van der Waals surface area (Å²) >= 11 is 0. The second-order valence-electron chi connectivity index (χ2n) is 8.17. The van der Waals surface area contributed by atoms with Crippen molar-refractivity contribution >= 4 is 22.8 Å². The molecule has 1 heterocycles. The molecule has 1 amide bonds. The lowest BCUT2D eigenvalue weighted by Gasteiger charge is -2.24. The molecular weight excluding hydrogens is 418 g/mol. The van der Waals surface area contributed by atoms with Crippen LogP contribution in [0.2, 0.25) is 0 Å². The molecule has 176 valence electrons. The van der Waals surface area contributed by atoms with Crippen LogP contribution in [0.3, 0.4) is 0 Å². The van der Waals surface area contributed by atoms with Crippen LogP contribution in [0.1, 0.15) is 30.9 Å². The van der Waals surface area contributed by atoms with E-state index in [2.05, 4.69) is 16.4 Å². The van der Waals surface area contributed by atoms with Gasteiger partial charge >= 0.3 is 5.97 Å². The van der Waals surface area contributed by atoms with Gasteiger partial charge in [-0.1, -0.05) is 44.2 Å². The highest BCUT2D eigenvalue weighted by Gasteiger charge is 2.21. The Bertz CT molecular complexity index is 1060. The zero-order valence-electron chi connectivity index (χ0n) is 19.8. The molecule has 33 heavy (non-hydrogen) atoms. The summed E-state index contributed by atoms with van der Waals surface area (Å²) in [6, 6.07) is 16.1. The maximum atomic E-state index is 12.8. The number of amides is 1. The number of ether oxygens (including phenoxy) is 2. The third-order valence-electron chi connectivity index (χ3n) is 5.97. The van der Waals surface area contributed by atoms with Crippen molar-refractivity contribution in [3.8, 4) is 5.75 Å². The number of rotatable bonds is 11. The summed E-state index contributed by atoms with van der Waals surface area (Å²) < 4.78 is 10.1. The number of methoxy groups -OCH3 is 2. The number of aromatic nitrogens is 1. The largest absolute Gasteiger partial charge is 0.497 e. The van der Waals surface area contributed by atoms with Gasteiger partial charge in [0.25, 0.3) is 0 Å². The van der Waals surface area contributed by atoms with Gasteiger partial charge in [0.2, 0.25) is 5.91 Å². The quantitative estimate of drug-likeness (QED) is 0.436. The van der Waals surface area contributed by atoms with E-state index in [0.717, 1.165) is 27.8 Å². The minimum Gasteiger partial charge on any atom is -0.497 e. The fourth-order valence-corrected chi connectivity index (χ4v) is 4.07. The van der Waals surface area contributed by atoms with E-state index < -0.39 is 0 Å². The lowest BCUT2D eigenvalue weighted by atomic mass is 9.90. The maximum Gasteiger partial charge on any atom is 0.309 e. The summed E-state index contributed by atoms with van der Waals surface area (Å²) in [5, 5.41) is 4.24. The lowest BCUT2D eigenvalue weighted by molar-refractivity contribution is -0.145. The van der Waals surface area contributed by atoms with Crippen molar-refractivity contribution in [2.75, 3.05) is 40.4 Å². The van der Waals surface area contributed by atoms with E-state index in [4.69, 9.17) is 9.47 Å². The molecule has 7 nitrogen and oxygen atoms in total. The number of hydrogen-bond donors (Lipinski definition) is 2. The number of fused-ring (bicyclic) bond motifs is 1. The minimum absolute atomic E-state index is 0.0277. The van der Waals surface area contributed by atoms with Crippen LogP contribution in [0.15, 0.2) is 54.7 Å². The Balaban J connectivity index is 1.75. The molecule has 3 rings (SSSR count). The molecule has 2 N–H and O–H groups in total. The third-order valence-corrected chi connectivity index (χ3v) is 5.97. The second kappa shape index (κ2) is 11.5. The fourth-order valence-electron chi connectivity index (χ4n) is 4.07. The minimum atomic E-state index is -0.291. The van der Waals surface area contributed by atoms with Gasteiger partial charge in [0.15, 0.2) is 0 Å². The lowest BCUT2D eigenvalue weighted by Crippen LogP contribution is -2.41. The molecule has 3 aromatic rings. The zero-order chi connectivity index (χ0) is 23.8. The number of benzene rings is 2. The Morgan fingerprint density at radius 3 is 2.48 bits per heavy atom. The van der Waals surface area contributed by atoms with E-state index in [0.29, 0.717) is 19.6 Å². The smallest absolute Gasteiger partial charge is 0.309 e. The highest BCUT2D eigenvalue weighted by Crippen LogP contribution is 2.31. The van der Waals surface area contributed by atoms with Crippen LogP contribution < -0.4 is 10.1 Å². The van der Waals surface area contributed by atoms with Gasteiger partial charge in [-0.15, -0.1) is 0 Å². The molecule has 0 aliphatic rings. The molecule has 2 unspecified atom stereocenters. The van der Waals surface area contributed by atoms with Crippen LogP contribution in [0.4, 0.5) is 0 Å². The maximum absolute atomic E-state index is 12.8. The van der Waals surface area contributed by atoms with E-state index in [-0.39, 0.29) is 30.3 Å². The average molecular weight is 452 g/mol. The molecule has 0 radical (unpaired) electrons. The molecule has 0 bridgehead atoms. The number of carbonyl (C=O) groups is 2. The predicted octanol–water partition coefficient (Wildman–Crippen LogP) is 3.56. The second-order valence-corrected chi connectivity index (χ2v) is 8.17. The molecule has 7 heteroatoms.